The minimum atomic E-state index is 0.642. The molecule has 3 aromatic rings. The van der Waals surface area contributed by atoms with Crippen LogP contribution in [0.2, 0.25) is 0 Å². The second kappa shape index (κ2) is 5.84. The third-order valence-corrected chi connectivity index (χ3v) is 3.82. The van der Waals surface area contributed by atoms with Gasteiger partial charge >= 0.3 is 0 Å². The summed E-state index contributed by atoms with van der Waals surface area (Å²) in [6.07, 6.45) is 3.82. The summed E-state index contributed by atoms with van der Waals surface area (Å²) < 4.78 is 7.62. The number of ether oxygens (including phenoxy) is 1. The van der Waals surface area contributed by atoms with Crippen LogP contribution in [0.3, 0.4) is 0 Å². The average Bonchev–Trinajstić information content (AvgIpc) is 2.79. The first-order valence-corrected chi connectivity index (χ1v) is 7.19. The van der Waals surface area contributed by atoms with Gasteiger partial charge in [-0.1, -0.05) is 12.1 Å². The Morgan fingerprint density at radius 2 is 1.95 bits per heavy atom. The molecule has 0 aliphatic rings. The summed E-state index contributed by atoms with van der Waals surface area (Å²) in [4.78, 5) is 6.50. The van der Waals surface area contributed by atoms with Gasteiger partial charge in [0.05, 0.1) is 18.3 Å². The Kier molecular flexibility index (Phi) is 3.90. The molecule has 0 saturated carbocycles. The number of rotatable bonds is 5. The smallest absolute Gasteiger partial charge is 0.0713 e. The lowest BCUT2D eigenvalue weighted by molar-refractivity contribution is 0.185. The number of methoxy groups -OCH3 is 1. The molecular weight excluding hydrogens is 262 g/mol. The molecule has 21 heavy (non-hydrogen) atoms. The summed E-state index contributed by atoms with van der Waals surface area (Å²) in [5.74, 6) is 0. The molecule has 0 radical (unpaired) electrons. The molecule has 4 nitrogen and oxygen atoms in total. The summed E-state index contributed by atoms with van der Waals surface area (Å²) >= 11 is 0. The third kappa shape index (κ3) is 2.64. The van der Waals surface area contributed by atoms with Gasteiger partial charge in [-0.2, -0.15) is 0 Å². The number of aromatic nitrogens is 2. The molecule has 0 fully saturated rings. The highest BCUT2D eigenvalue weighted by Gasteiger charge is 2.11. The van der Waals surface area contributed by atoms with E-state index in [4.69, 9.17) is 4.74 Å². The van der Waals surface area contributed by atoms with Crippen LogP contribution in [-0.4, -0.2) is 42.2 Å². The highest BCUT2D eigenvalue weighted by atomic mass is 16.5. The minimum absolute atomic E-state index is 0.642. The SMILES string of the molecule is COCc1ccc2c3ccncc3n(CCN(C)C)c2c1. The number of nitrogens with zero attached hydrogens (tertiary/aromatic N) is 3. The maximum absolute atomic E-state index is 5.26. The van der Waals surface area contributed by atoms with E-state index in [0.29, 0.717) is 6.61 Å². The number of likely N-dealkylation sites (N-methyl/N-ethyl adjacent to an activating group) is 1. The van der Waals surface area contributed by atoms with E-state index in [1.807, 2.05) is 12.4 Å². The molecule has 3 rings (SSSR count). The fraction of sp³-hybridized carbons (Fsp3) is 0.353. The first-order valence-electron chi connectivity index (χ1n) is 7.19. The van der Waals surface area contributed by atoms with Gasteiger partial charge in [0.2, 0.25) is 0 Å². The number of benzene rings is 1. The monoisotopic (exact) mass is 283 g/mol. The number of pyridine rings is 1. The van der Waals surface area contributed by atoms with Crippen LogP contribution in [-0.2, 0) is 17.9 Å². The van der Waals surface area contributed by atoms with Crippen molar-refractivity contribution in [3.8, 4) is 0 Å². The van der Waals surface area contributed by atoms with Crippen molar-refractivity contribution in [1.29, 1.82) is 0 Å². The Labute approximate surface area is 124 Å². The van der Waals surface area contributed by atoms with Gasteiger partial charge in [-0.05, 0) is 31.8 Å². The van der Waals surface area contributed by atoms with Gasteiger partial charge in [0.15, 0.2) is 0 Å². The molecule has 0 aliphatic heterocycles. The summed E-state index contributed by atoms with van der Waals surface area (Å²) in [5.41, 5.74) is 3.66. The number of hydrogen-bond donors (Lipinski definition) is 0. The average molecular weight is 283 g/mol. The van der Waals surface area contributed by atoms with Crippen molar-refractivity contribution in [2.75, 3.05) is 27.7 Å². The van der Waals surface area contributed by atoms with E-state index in [2.05, 4.69) is 52.8 Å². The van der Waals surface area contributed by atoms with Gasteiger partial charge in [0.1, 0.15) is 0 Å². The maximum Gasteiger partial charge on any atom is 0.0713 e. The molecule has 110 valence electrons. The largest absolute Gasteiger partial charge is 0.380 e. The van der Waals surface area contributed by atoms with Gasteiger partial charge < -0.3 is 14.2 Å². The molecule has 4 heteroatoms. The highest BCUT2D eigenvalue weighted by Crippen LogP contribution is 2.29. The maximum atomic E-state index is 5.26. The first-order chi connectivity index (χ1) is 10.2. The first kappa shape index (κ1) is 14.0. The van der Waals surface area contributed by atoms with Crippen LogP contribution in [0.25, 0.3) is 21.8 Å². The summed E-state index contributed by atoms with van der Waals surface area (Å²) in [6, 6.07) is 8.66. The van der Waals surface area contributed by atoms with E-state index in [9.17, 15) is 0 Å². The van der Waals surface area contributed by atoms with Crippen molar-refractivity contribution in [3.05, 3.63) is 42.2 Å². The van der Waals surface area contributed by atoms with Crippen LogP contribution in [0.5, 0.6) is 0 Å². The zero-order chi connectivity index (χ0) is 14.8. The molecule has 0 bridgehead atoms. The van der Waals surface area contributed by atoms with E-state index in [1.54, 1.807) is 7.11 Å². The molecule has 0 unspecified atom stereocenters. The van der Waals surface area contributed by atoms with Gasteiger partial charge in [0, 0.05) is 42.7 Å². The van der Waals surface area contributed by atoms with E-state index < -0.39 is 0 Å². The van der Waals surface area contributed by atoms with Crippen LogP contribution in [0, 0.1) is 0 Å². The summed E-state index contributed by atoms with van der Waals surface area (Å²) in [7, 11) is 5.93. The normalized spacial score (nSPS) is 11.8. The fourth-order valence-electron chi connectivity index (χ4n) is 2.78. The predicted molar refractivity (Wildman–Crippen MR) is 86.5 cm³/mol. The van der Waals surface area contributed by atoms with Gasteiger partial charge in [-0.25, -0.2) is 0 Å². The van der Waals surface area contributed by atoms with Crippen molar-refractivity contribution in [1.82, 2.24) is 14.5 Å². The standard InChI is InChI=1S/C17H21N3O/c1-19(2)8-9-20-16-10-13(12-21-3)4-5-14(16)15-6-7-18-11-17(15)20/h4-7,10-11H,8-9,12H2,1-3H3. The van der Waals surface area contributed by atoms with Crippen molar-refractivity contribution in [2.24, 2.45) is 0 Å². The van der Waals surface area contributed by atoms with Crippen LogP contribution in [0.15, 0.2) is 36.7 Å². The molecule has 0 atom stereocenters. The van der Waals surface area contributed by atoms with Crippen molar-refractivity contribution in [2.45, 2.75) is 13.2 Å². The third-order valence-electron chi connectivity index (χ3n) is 3.82. The lowest BCUT2D eigenvalue weighted by Gasteiger charge is -2.12. The Balaban J connectivity index is 2.19. The van der Waals surface area contributed by atoms with Gasteiger partial charge in [-0.15, -0.1) is 0 Å². The molecule has 0 N–H and O–H groups in total. The van der Waals surface area contributed by atoms with E-state index in [1.165, 1.54) is 27.4 Å². The predicted octanol–water partition coefficient (Wildman–Crippen LogP) is 2.90. The molecule has 0 spiro atoms. The summed E-state index contributed by atoms with van der Waals surface area (Å²) in [5, 5.41) is 2.55. The molecular formula is C17H21N3O. The lowest BCUT2D eigenvalue weighted by atomic mass is 10.1. The molecule has 0 saturated heterocycles. The zero-order valence-electron chi connectivity index (χ0n) is 12.8. The molecule has 0 amide bonds. The fourth-order valence-corrected chi connectivity index (χ4v) is 2.78. The number of fused-ring (bicyclic) bond motifs is 3. The zero-order valence-corrected chi connectivity index (χ0v) is 12.8. The van der Waals surface area contributed by atoms with Gasteiger partial charge in [-0.3, -0.25) is 4.98 Å². The lowest BCUT2D eigenvalue weighted by Crippen LogP contribution is -2.18. The minimum Gasteiger partial charge on any atom is -0.380 e. The van der Waals surface area contributed by atoms with Crippen LogP contribution in [0.4, 0.5) is 0 Å². The second-order valence-corrected chi connectivity index (χ2v) is 5.63. The molecule has 2 aromatic heterocycles. The Hall–Kier alpha value is -1.91. The van der Waals surface area contributed by atoms with Crippen LogP contribution in [0.1, 0.15) is 5.56 Å². The summed E-state index contributed by atoms with van der Waals surface area (Å²) in [6.45, 7) is 2.60. The highest BCUT2D eigenvalue weighted by molar-refractivity contribution is 6.07. The van der Waals surface area contributed by atoms with Gasteiger partial charge in [0.25, 0.3) is 0 Å². The van der Waals surface area contributed by atoms with Crippen LogP contribution < -0.4 is 0 Å². The molecule has 1 aromatic carbocycles. The van der Waals surface area contributed by atoms with E-state index >= 15 is 0 Å². The Morgan fingerprint density at radius 1 is 1.14 bits per heavy atom. The van der Waals surface area contributed by atoms with Crippen LogP contribution >= 0.6 is 0 Å². The Bertz CT molecular complexity index is 761. The number of hydrogen-bond acceptors (Lipinski definition) is 3. The van der Waals surface area contributed by atoms with Crippen molar-refractivity contribution in [3.63, 3.8) is 0 Å². The van der Waals surface area contributed by atoms with E-state index in [-0.39, 0.29) is 0 Å². The van der Waals surface area contributed by atoms with Crippen molar-refractivity contribution < 1.29 is 4.74 Å². The van der Waals surface area contributed by atoms with E-state index in [0.717, 1.165) is 13.1 Å². The molecule has 0 aliphatic carbocycles. The molecule has 2 heterocycles. The quantitative estimate of drug-likeness (QED) is 0.721. The van der Waals surface area contributed by atoms with Crippen molar-refractivity contribution >= 4 is 21.8 Å². The second-order valence-electron chi connectivity index (χ2n) is 5.63. The topological polar surface area (TPSA) is 30.3 Å². The Morgan fingerprint density at radius 3 is 2.71 bits per heavy atom.